The highest BCUT2D eigenvalue weighted by Crippen LogP contribution is 2.23. The summed E-state index contributed by atoms with van der Waals surface area (Å²) >= 11 is 6.93. The van der Waals surface area contributed by atoms with Gasteiger partial charge in [-0.05, 0) is 49.7 Å². The van der Waals surface area contributed by atoms with Crippen LogP contribution in [0.4, 0.5) is 0 Å². The van der Waals surface area contributed by atoms with Gasteiger partial charge in [-0.2, -0.15) is 0 Å². The van der Waals surface area contributed by atoms with Crippen LogP contribution in [0, 0.1) is 0 Å². The number of hydrogen-bond donors (Lipinski definition) is 1. The Bertz CT molecular complexity index is 1070. The Kier molecular flexibility index (Phi) is 5.02. The summed E-state index contributed by atoms with van der Waals surface area (Å²) in [5.74, 6) is 0. The van der Waals surface area contributed by atoms with Crippen molar-refractivity contribution in [2.24, 2.45) is 0 Å². The maximum absolute atomic E-state index is 12.3. The summed E-state index contributed by atoms with van der Waals surface area (Å²) in [5.41, 5.74) is 1.66. The molecular formula is C17H17ClN2O3S2. The zero-order valence-corrected chi connectivity index (χ0v) is 16.1. The highest BCUT2D eigenvalue weighted by Gasteiger charge is 2.17. The van der Waals surface area contributed by atoms with Crippen molar-refractivity contribution in [2.45, 2.75) is 31.3 Å². The molecular weight excluding hydrogens is 380 g/mol. The fourth-order valence-electron chi connectivity index (χ4n) is 2.51. The van der Waals surface area contributed by atoms with Gasteiger partial charge < -0.3 is 0 Å². The Hall–Kier alpha value is -1.67. The third-order valence-electron chi connectivity index (χ3n) is 3.59. The van der Waals surface area contributed by atoms with Crippen molar-refractivity contribution >= 4 is 43.2 Å². The first-order valence-corrected chi connectivity index (χ1v) is 10.3. The van der Waals surface area contributed by atoms with E-state index in [9.17, 15) is 13.2 Å². The molecule has 0 amide bonds. The number of aromatic nitrogens is 1. The molecule has 0 unspecified atom stereocenters. The second-order valence-electron chi connectivity index (χ2n) is 5.99. The van der Waals surface area contributed by atoms with Gasteiger partial charge in [-0.1, -0.05) is 35.1 Å². The third-order valence-corrected chi connectivity index (χ3v) is 6.44. The average Bonchev–Trinajstić information content (AvgIpc) is 2.83. The van der Waals surface area contributed by atoms with Gasteiger partial charge in [0.25, 0.3) is 0 Å². The van der Waals surface area contributed by atoms with Crippen molar-refractivity contribution in [3.05, 3.63) is 62.7 Å². The van der Waals surface area contributed by atoms with E-state index in [0.29, 0.717) is 21.8 Å². The normalized spacial score (nSPS) is 12.2. The summed E-state index contributed by atoms with van der Waals surface area (Å²) in [4.78, 5) is 12.4. The van der Waals surface area contributed by atoms with Crippen LogP contribution in [0.5, 0.6) is 0 Å². The first kappa shape index (κ1) is 18.1. The summed E-state index contributed by atoms with van der Waals surface area (Å²) in [6.45, 7) is 3.93. The van der Waals surface area contributed by atoms with Crippen LogP contribution in [0.3, 0.4) is 0 Å². The number of benzene rings is 2. The van der Waals surface area contributed by atoms with E-state index in [1.807, 2.05) is 12.1 Å². The lowest BCUT2D eigenvalue weighted by Gasteiger charge is -2.10. The minimum absolute atomic E-state index is 0.128. The largest absolute Gasteiger partial charge is 0.308 e. The van der Waals surface area contributed by atoms with E-state index in [4.69, 9.17) is 11.6 Å². The smallest absolute Gasteiger partial charge is 0.294 e. The predicted octanol–water partition coefficient (Wildman–Crippen LogP) is 3.45. The molecule has 0 bridgehead atoms. The molecule has 0 fully saturated rings. The Labute approximate surface area is 154 Å². The molecule has 0 aliphatic heterocycles. The van der Waals surface area contributed by atoms with Crippen molar-refractivity contribution in [2.75, 3.05) is 0 Å². The summed E-state index contributed by atoms with van der Waals surface area (Å²) in [7, 11) is -3.59. The van der Waals surface area contributed by atoms with E-state index >= 15 is 0 Å². The molecule has 0 atom stereocenters. The monoisotopic (exact) mass is 396 g/mol. The van der Waals surface area contributed by atoms with E-state index in [1.165, 1.54) is 6.07 Å². The Morgan fingerprint density at radius 1 is 1.16 bits per heavy atom. The van der Waals surface area contributed by atoms with Crippen LogP contribution in [0.1, 0.15) is 19.4 Å². The number of nitrogens with one attached hydrogen (secondary N) is 1. The van der Waals surface area contributed by atoms with Crippen LogP contribution < -0.4 is 9.60 Å². The van der Waals surface area contributed by atoms with E-state index in [-0.39, 0.29) is 15.8 Å². The van der Waals surface area contributed by atoms with E-state index in [0.717, 1.165) is 16.9 Å². The minimum Gasteiger partial charge on any atom is -0.294 e. The van der Waals surface area contributed by atoms with Gasteiger partial charge in [0.2, 0.25) is 10.0 Å². The lowest BCUT2D eigenvalue weighted by Crippen LogP contribution is -2.30. The number of fused-ring (bicyclic) bond motifs is 1. The summed E-state index contributed by atoms with van der Waals surface area (Å²) in [6, 6.07) is 11.8. The van der Waals surface area contributed by atoms with Gasteiger partial charge in [0.05, 0.1) is 21.7 Å². The quantitative estimate of drug-likeness (QED) is 0.718. The van der Waals surface area contributed by atoms with Gasteiger partial charge in [-0.25, -0.2) is 13.1 Å². The van der Waals surface area contributed by atoms with Gasteiger partial charge in [0, 0.05) is 11.1 Å². The fraction of sp³-hybridized carbons (Fsp3) is 0.235. The molecule has 0 saturated carbocycles. The maximum atomic E-state index is 12.3. The molecule has 5 nitrogen and oxygen atoms in total. The number of thiazole rings is 1. The van der Waals surface area contributed by atoms with Gasteiger partial charge in [-0.3, -0.25) is 9.36 Å². The molecule has 2 aromatic carbocycles. The molecule has 0 saturated heterocycles. The molecule has 3 rings (SSSR count). The molecule has 3 aromatic rings. The van der Waals surface area contributed by atoms with Crippen molar-refractivity contribution in [1.82, 2.24) is 9.29 Å². The summed E-state index contributed by atoms with van der Waals surface area (Å²) in [6.07, 6.45) is 0. The molecule has 8 heteroatoms. The average molecular weight is 397 g/mol. The molecule has 0 aliphatic carbocycles. The lowest BCUT2D eigenvalue weighted by molar-refractivity contribution is 0.570. The highest BCUT2D eigenvalue weighted by atomic mass is 35.5. The standard InChI is InChI=1S/C17H17ClN2O3S2/c1-11(2)19-25(22,23)14-7-8-15-16(9-14)24-17(21)20(15)10-12-3-5-13(18)6-4-12/h3-9,11,19H,10H2,1-2H3. The molecule has 0 radical (unpaired) electrons. The number of sulfonamides is 1. The third kappa shape index (κ3) is 3.95. The molecule has 25 heavy (non-hydrogen) atoms. The van der Waals surface area contributed by atoms with Crippen molar-refractivity contribution in [3.8, 4) is 0 Å². The molecule has 0 aliphatic rings. The molecule has 1 N–H and O–H groups in total. The summed E-state index contributed by atoms with van der Waals surface area (Å²) in [5, 5.41) is 0.638. The number of nitrogens with zero attached hydrogens (tertiary/aromatic N) is 1. The van der Waals surface area contributed by atoms with Crippen molar-refractivity contribution in [3.63, 3.8) is 0 Å². The van der Waals surface area contributed by atoms with Gasteiger partial charge >= 0.3 is 4.87 Å². The zero-order valence-electron chi connectivity index (χ0n) is 13.7. The van der Waals surface area contributed by atoms with E-state index in [1.54, 1.807) is 42.7 Å². The van der Waals surface area contributed by atoms with Gasteiger partial charge in [0.15, 0.2) is 0 Å². The van der Waals surface area contributed by atoms with Crippen molar-refractivity contribution in [1.29, 1.82) is 0 Å². The van der Waals surface area contributed by atoms with E-state index < -0.39 is 10.0 Å². The van der Waals surface area contributed by atoms with Gasteiger partial charge in [-0.15, -0.1) is 0 Å². The molecule has 132 valence electrons. The van der Waals surface area contributed by atoms with E-state index in [2.05, 4.69) is 4.72 Å². The zero-order chi connectivity index (χ0) is 18.2. The Balaban J connectivity index is 2.01. The van der Waals surface area contributed by atoms with Crippen LogP contribution in [0.15, 0.2) is 52.2 Å². The van der Waals surface area contributed by atoms with Crippen LogP contribution >= 0.6 is 22.9 Å². The Morgan fingerprint density at radius 3 is 2.48 bits per heavy atom. The highest BCUT2D eigenvalue weighted by molar-refractivity contribution is 7.89. The number of rotatable bonds is 5. The van der Waals surface area contributed by atoms with Crippen LogP contribution in [-0.4, -0.2) is 19.0 Å². The topological polar surface area (TPSA) is 68.2 Å². The summed E-state index contributed by atoms with van der Waals surface area (Å²) < 4.78 is 29.4. The van der Waals surface area contributed by atoms with Crippen molar-refractivity contribution < 1.29 is 8.42 Å². The van der Waals surface area contributed by atoms with Crippen LogP contribution in [-0.2, 0) is 16.6 Å². The molecule has 1 heterocycles. The fourth-order valence-corrected chi connectivity index (χ4v) is 4.92. The Morgan fingerprint density at radius 2 is 1.84 bits per heavy atom. The molecule has 1 aromatic heterocycles. The number of halogens is 1. The van der Waals surface area contributed by atoms with Gasteiger partial charge in [0.1, 0.15) is 0 Å². The first-order chi connectivity index (χ1) is 11.8. The number of hydrogen-bond acceptors (Lipinski definition) is 4. The van der Waals surface area contributed by atoms with Crippen LogP contribution in [0.2, 0.25) is 5.02 Å². The molecule has 0 spiro atoms. The maximum Gasteiger partial charge on any atom is 0.308 e. The van der Waals surface area contributed by atoms with Crippen LogP contribution in [0.25, 0.3) is 10.2 Å². The SMILES string of the molecule is CC(C)NS(=O)(=O)c1ccc2c(c1)sc(=O)n2Cc1ccc(Cl)cc1. The second-order valence-corrected chi connectivity index (χ2v) is 9.13. The lowest BCUT2D eigenvalue weighted by atomic mass is 10.2. The first-order valence-electron chi connectivity index (χ1n) is 7.66. The minimum atomic E-state index is -3.59. The predicted molar refractivity (Wildman–Crippen MR) is 102 cm³/mol. The second kappa shape index (κ2) is 6.92.